The minimum absolute atomic E-state index is 0.191. The molecule has 0 unspecified atom stereocenters. The van der Waals surface area contributed by atoms with Crippen molar-refractivity contribution >= 4 is 22.9 Å². The second kappa shape index (κ2) is 8.38. The Morgan fingerprint density at radius 1 is 1.43 bits per heavy atom. The molecule has 3 rings (SSSR count). The number of nitrogens with zero attached hydrogens (tertiary/aromatic N) is 3. The molecule has 28 heavy (non-hydrogen) atoms. The molecule has 1 aliphatic carbocycles. The lowest BCUT2D eigenvalue weighted by Gasteiger charge is -2.21. The number of nitrogens with one attached hydrogen (secondary N) is 1. The first-order valence-electron chi connectivity index (χ1n) is 8.93. The molecule has 5 N–H and O–H groups in total. The smallest absolute Gasteiger partial charge is 0.341 e. The second-order valence-electron chi connectivity index (χ2n) is 6.16. The van der Waals surface area contributed by atoms with Crippen LogP contribution in [-0.2, 0) is 16.0 Å². The van der Waals surface area contributed by atoms with Crippen molar-refractivity contribution in [3.8, 4) is 0 Å². The SMILES string of the molecule is CCOC(=O)C(=CNc1cc2c(n(N)c1=O)CCCC2=NN)c1ccccn1. The van der Waals surface area contributed by atoms with Crippen LogP contribution in [0.3, 0.4) is 0 Å². The van der Waals surface area contributed by atoms with Gasteiger partial charge in [0, 0.05) is 18.0 Å². The number of hydrazone groups is 1. The van der Waals surface area contributed by atoms with Crippen LogP contribution in [-0.4, -0.2) is 27.9 Å². The Hall–Kier alpha value is -3.62. The Bertz CT molecular complexity index is 995. The number of rotatable bonds is 5. The van der Waals surface area contributed by atoms with Crippen LogP contribution in [0.25, 0.3) is 5.57 Å². The maximum Gasteiger partial charge on any atom is 0.341 e. The molecule has 146 valence electrons. The number of hydrogen-bond acceptors (Lipinski definition) is 8. The van der Waals surface area contributed by atoms with Gasteiger partial charge in [-0.2, -0.15) is 5.10 Å². The summed E-state index contributed by atoms with van der Waals surface area (Å²) < 4.78 is 6.19. The zero-order valence-corrected chi connectivity index (χ0v) is 15.5. The zero-order valence-electron chi connectivity index (χ0n) is 15.5. The molecule has 0 spiro atoms. The Balaban J connectivity index is 2.03. The van der Waals surface area contributed by atoms with Crippen LogP contribution in [0.1, 0.15) is 36.7 Å². The third-order valence-corrected chi connectivity index (χ3v) is 4.44. The number of carbonyl (C=O) groups is 1. The minimum atomic E-state index is -0.552. The van der Waals surface area contributed by atoms with E-state index >= 15 is 0 Å². The van der Waals surface area contributed by atoms with Crippen LogP contribution in [0, 0.1) is 0 Å². The lowest BCUT2D eigenvalue weighted by atomic mass is 9.93. The van der Waals surface area contributed by atoms with Gasteiger partial charge >= 0.3 is 5.97 Å². The Labute approximate surface area is 161 Å². The van der Waals surface area contributed by atoms with Crippen molar-refractivity contribution in [3.05, 3.63) is 64.0 Å². The highest BCUT2D eigenvalue weighted by Crippen LogP contribution is 2.22. The van der Waals surface area contributed by atoms with Gasteiger partial charge in [-0.3, -0.25) is 9.78 Å². The fourth-order valence-corrected chi connectivity index (χ4v) is 3.09. The average molecular weight is 382 g/mol. The third kappa shape index (κ3) is 3.73. The molecule has 0 aromatic carbocycles. The fraction of sp³-hybridized carbons (Fsp3) is 0.263. The molecule has 2 aromatic rings. The first-order valence-corrected chi connectivity index (χ1v) is 8.93. The lowest BCUT2D eigenvalue weighted by molar-refractivity contribution is -0.136. The van der Waals surface area contributed by atoms with Crippen molar-refractivity contribution in [1.82, 2.24) is 9.66 Å². The number of hydrogen-bond donors (Lipinski definition) is 3. The number of aromatic nitrogens is 2. The Kier molecular flexibility index (Phi) is 5.73. The summed E-state index contributed by atoms with van der Waals surface area (Å²) in [5, 5.41) is 6.69. The van der Waals surface area contributed by atoms with E-state index in [1.54, 1.807) is 37.4 Å². The van der Waals surface area contributed by atoms with Gasteiger partial charge in [-0.25, -0.2) is 9.47 Å². The van der Waals surface area contributed by atoms with E-state index in [1.165, 1.54) is 6.20 Å². The molecule has 0 bridgehead atoms. The second-order valence-corrected chi connectivity index (χ2v) is 6.16. The molecule has 9 heteroatoms. The molecule has 0 radical (unpaired) electrons. The maximum absolute atomic E-state index is 12.6. The van der Waals surface area contributed by atoms with Gasteiger partial charge < -0.3 is 21.7 Å². The molecule has 0 fully saturated rings. The van der Waals surface area contributed by atoms with Crippen LogP contribution in [0.5, 0.6) is 0 Å². The van der Waals surface area contributed by atoms with Crippen LogP contribution >= 0.6 is 0 Å². The summed E-state index contributed by atoms with van der Waals surface area (Å²) in [6, 6.07) is 6.83. The molecule has 2 aromatic heterocycles. The first-order chi connectivity index (χ1) is 13.6. The Morgan fingerprint density at radius 3 is 2.93 bits per heavy atom. The van der Waals surface area contributed by atoms with E-state index < -0.39 is 11.5 Å². The van der Waals surface area contributed by atoms with E-state index in [0.29, 0.717) is 29.9 Å². The summed E-state index contributed by atoms with van der Waals surface area (Å²) in [5.74, 6) is 10.9. The summed E-state index contributed by atoms with van der Waals surface area (Å²) in [4.78, 5) is 29.1. The van der Waals surface area contributed by atoms with Gasteiger partial charge in [0.05, 0.1) is 23.7 Å². The maximum atomic E-state index is 12.6. The number of esters is 1. The van der Waals surface area contributed by atoms with Gasteiger partial charge in [0.1, 0.15) is 11.3 Å². The van der Waals surface area contributed by atoms with Crippen molar-refractivity contribution in [1.29, 1.82) is 0 Å². The molecule has 0 saturated carbocycles. The highest BCUT2D eigenvalue weighted by molar-refractivity contribution is 6.16. The van der Waals surface area contributed by atoms with E-state index in [0.717, 1.165) is 16.7 Å². The molecule has 1 aliphatic rings. The van der Waals surface area contributed by atoms with Gasteiger partial charge in [-0.15, -0.1) is 0 Å². The highest BCUT2D eigenvalue weighted by Gasteiger charge is 2.21. The quantitative estimate of drug-likeness (QED) is 0.303. The number of nitrogen functional groups attached to an aromatic ring is 1. The summed E-state index contributed by atoms with van der Waals surface area (Å²) in [5.41, 5.74) is 2.48. The monoisotopic (exact) mass is 382 g/mol. The van der Waals surface area contributed by atoms with E-state index in [9.17, 15) is 9.59 Å². The normalized spacial score (nSPS) is 15.2. The van der Waals surface area contributed by atoms with Gasteiger partial charge in [-0.1, -0.05) is 6.07 Å². The predicted octanol–water partition coefficient (Wildman–Crippen LogP) is 0.972. The number of anilines is 1. The Morgan fingerprint density at radius 2 is 2.25 bits per heavy atom. The van der Waals surface area contributed by atoms with Gasteiger partial charge in [0.25, 0.3) is 5.56 Å². The molecule has 0 aliphatic heterocycles. The number of fused-ring (bicyclic) bond motifs is 1. The van der Waals surface area contributed by atoms with Gasteiger partial charge in [0.2, 0.25) is 0 Å². The lowest BCUT2D eigenvalue weighted by Crippen LogP contribution is -2.35. The first kappa shape index (κ1) is 19.2. The summed E-state index contributed by atoms with van der Waals surface area (Å²) in [6.07, 6.45) is 5.15. The highest BCUT2D eigenvalue weighted by atomic mass is 16.5. The van der Waals surface area contributed by atoms with Crippen molar-refractivity contribution in [2.45, 2.75) is 26.2 Å². The molecular formula is C19H22N6O3. The van der Waals surface area contributed by atoms with Crippen molar-refractivity contribution < 1.29 is 9.53 Å². The number of carbonyl (C=O) groups excluding carboxylic acids is 1. The standard InChI is InChI=1S/C19H22N6O3/c1-2-28-19(27)13(14-6-3-4-9-22-14)11-23-16-10-12-15(24-20)7-5-8-17(12)25(21)18(16)26/h3-4,6,9-11,23H,2,5,7-8,20-21H2,1H3. The van der Waals surface area contributed by atoms with Crippen LogP contribution < -0.4 is 22.6 Å². The summed E-state index contributed by atoms with van der Waals surface area (Å²) in [7, 11) is 0. The van der Waals surface area contributed by atoms with Crippen LogP contribution in [0.15, 0.2) is 46.6 Å². The van der Waals surface area contributed by atoms with E-state index in [2.05, 4.69) is 15.4 Å². The van der Waals surface area contributed by atoms with E-state index in [1.807, 2.05) is 0 Å². The van der Waals surface area contributed by atoms with Crippen LogP contribution in [0.2, 0.25) is 0 Å². The molecule has 0 atom stereocenters. The van der Waals surface area contributed by atoms with Gasteiger partial charge in [-0.05, 0) is 44.4 Å². The number of pyridine rings is 2. The van der Waals surface area contributed by atoms with Crippen molar-refractivity contribution in [2.24, 2.45) is 10.9 Å². The summed E-state index contributed by atoms with van der Waals surface area (Å²) in [6.45, 7) is 1.93. The fourth-order valence-electron chi connectivity index (χ4n) is 3.09. The number of ether oxygens (including phenoxy) is 1. The third-order valence-electron chi connectivity index (χ3n) is 4.44. The average Bonchev–Trinajstić information content (AvgIpc) is 2.72. The van der Waals surface area contributed by atoms with Crippen molar-refractivity contribution in [2.75, 3.05) is 17.8 Å². The van der Waals surface area contributed by atoms with E-state index in [-0.39, 0.29) is 17.9 Å². The van der Waals surface area contributed by atoms with Crippen molar-refractivity contribution in [3.63, 3.8) is 0 Å². The zero-order chi connectivity index (χ0) is 20.1. The largest absolute Gasteiger partial charge is 0.462 e. The van der Waals surface area contributed by atoms with Crippen LogP contribution in [0.4, 0.5) is 5.69 Å². The van der Waals surface area contributed by atoms with E-state index in [4.69, 9.17) is 16.4 Å². The topological polar surface area (TPSA) is 138 Å². The predicted molar refractivity (Wildman–Crippen MR) is 107 cm³/mol. The summed E-state index contributed by atoms with van der Waals surface area (Å²) >= 11 is 0. The molecule has 0 amide bonds. The molecule has 2 heterocycles. The molecular weight excluding hydrogens is 360 g/mol. The molecule has 9 nitrogen and oxygen atoms in total. The number of nitrogens with two attached hydrogens (primary N) is 2. The molecule has 0 saturated heterocycles. The minimum Gasteiger partial charge on any atom is -0.462 e. The van der Waals surface area contributed by atoms with Gasteiger partial charge in [0.15, 0.2) is 0 Å².